The van der Waals surface area contributed by atoms with Gasteiger partial charge in [-0.25, -0.2) is 0 Å². The largest absolute Gasteiger partial charge is 0.497 e. The molecule has 122 valence electrons. The highest BCUT2D eigenvalue weighted by Crippen LogP contribution is 2.24. The summed E-state index contributed by atoms with van der Waals surface area (Å²) in [6.45, 7) is -0.0937. The fourth-order valence-corrected chi connectivity index (χ4v) is 2.59. The minimum absolute atomic E-state index is 0.0937. The maximum atomic E-state index is 12.5. The summed E-state index contributed by atoms with van der Waals surface area (Å²) in [5.41, 5.74) is 1.11. The summed E-state index contributed by atoms with van der Waals surface area (Å²) in [6.07, 6.45) is 0. The summed E-state index contributed by atoms with van der Waals surface area (Å²) >= 11 is 0. The number of hydrogen-bond acceptors (Lipinski definition) is 4. The van der Waals surface area contributed by atoms with Gasteiger partial charge in [0, 0.05) is 11.4 Å². The summed E-state index contributed by atoms with van der Waals surface area (Å²) in [5.74, 6) is -2.19. The fraction of sp³-hybridized carbons (Fsp3) is 0.167. The second-order valence-electron chi connectivity index (χ2n) is 5.38. The van der Waals surface area contributed by atoms with Gasteiger partial charge in [-0.3, -0.25) is 14.4 Å². The smallest absolute Gasteiger partial charge is 0.247 e. The van der Waals surface area contributed by atoms with Gasteiger partial charge in [0.1, 0.15) is 5.75 Å². The number of rotatable bonds is 4. The lowest BCUT2D eigenvalue weighted by molar-refractivity contribution is -0.134. The zero-order valence-electron chi connectivity index (χ0n) is 13.1. The molecule has 1 aliphatic heterocycles. The van der Waals surface area contributed by atoms with Crippen molar-refractivity contribution in [2.24, 2.45) is 5.92 Å². The average molecular weight is 324 g/mol. The van der Waals surface area contributed by atoms with E-state index in [9.17, 15) is 14.4 Å². The van der Waals surface area contributed by atoms with Crippen LogP contribution < -0.4 is 15.0 Å². The van der Waals surface area contributed by atoms with Crippen molar-refractivity contribution in [1.29, 1.82) is 0 Å². The van der Waals surface area contributed by atoms with Crippen molar-refractivity contribution in [3.8, 4) is 5.75 Å². The molecule has 0 saturated carbocycles. The lowest BCUT2D eigenvalue weighted by atomic mass is 10.1. The van der Waals surface area contributed by atoms with Gasteiger partial charge in [-0.05, 0) is 36.4 Å². The van der Waals surface area contributed by atoms with Crippen LogP contribution in [-0.4, -0.2) is 31.3 Å². The van der Waals surface area contributed by atoms with Gasteiger partial charge in [0.15, 0.2) is 11.7 Å². The number of carbonyl (C=O) groups excluding carboxylic acids is 3. The van der Waals surface area contributed by atoms with Crippen LogP contribution in [0.25, 0.3) is 0 Å². The molecule has 6 nitrogen and oxygen atoms in total. The minimum atomic E-state index is -1.31. The standard InChI is InChI=1S/C18H16N2O4/c1-24-14-9-7-12(8-10-14)19-17(22)16-15(21)11-20(18(16)23)13-5-3-2-4-6-13/h2-10,16H,11H2,1H3,(H,19,22)/t16-/m0/s1. The number of nitrogens with zero attached hydrogens (tertiary/aromatic N) is 1. The highest BCUT2D eigenvalue weighted by Gasteiger charge is 2.44. The molecule has 0 aliphatic carbocycles. The molecule has 2 aromatic carbocycles. The normalized spacial score (nSPS) is 17.0. The molecule has 2 amide bonds. The van der Waals surface area contributed by atoms with E-state index in [-0.39, 0.29) is 6.54 Å². The number of benzene rings is 2. The number of ether oxygens (including phenoxy) is 1. The first-order chi connectivity index (χ1) is 11.6. The first kappa shape index (κ1) is 15.7. The number of amides is 2. The van der Waals surface area contributed by atoms with Crippen LogP contribution in [0.15, 0.2) is 54.6 Å². The van der Waals surface area contributed by atoms with Gasteiger partial charge in [0.25, 0.3) is 0 Å². The summed E-state index contributed by atoms with van der Waals surface area (Å²) in [6, 6.07) is 15.5. The predicted octanol–water partition coefficient (Wildman–Crippen LogP) is 1.87. The van der Waals surface area contributed by atoms with Gasteiger partial charge in [0.05, 0.1) is 13.7 Å². The molecular weight excluding hydrogens is 308 g/mol. The molecule has 1 fully saturated rings. The molecule has 24 heavy (non-hydrogen) atoms. The van der Waals surface area contributed by atoms with Crippen molar-refractivity contribution in [2.45, 2.75) is 0 Å². The molecule has 1 atom stereocenters. The molecule has 0 aromatic heterocycles. The zero-order chi connectivity index (χ0) is 17.1. The molecular formula is C18H16N2O4. The monoisotopic (exact) mass is 324 g/mol. The van der Waals surface area contributed by atoms with E-state index in [0.717, 1.165) is 0 Å². The van der Waals surface area contributed by atoms with Crippen molar-refractivity contribution in [1.82, 2.24) is 0 Å². The number of methoxy groups -OCH3 is 1. The summed E-state index contributed by atoms with van der Waals surface area (Å²) in [7, 11) is 1.54. The topological polar surface area (TPSA) is 75.7 Å². The minimum Gasteiger partial charge on any atom is -0.497 e. The molecule has 0 bridgehead atoms. The van der Waals surface area contributed by atoms with Crippen molar-refractivity contribution in [3.05, 3.63) is 54.6 Å². The Morgan fingerprint density at radius 1 is 1.08 bits per heavy atom. The molecule has 1 aliphatic rings. The molecule has 1 N–H and O–H groups in total. The quantitative estimate of drug-likeness (QED) is 0.871. The van der Waals surface area contributed by atoms with Gasteiger partial charge in [-0.15, -0.1) is 0 Å². The third-order valence-corrected chi connectivity index (χ3v) is 3.84. The van der Waals surface area contributed by atoms with Crippen LogP contribution in [0.1, 0.15) is 0 Å². The number of nitrogens with one attached hydrogen (secondary N) is 1. The van der Waals surface area contributed by atoms with Crippen LogP contribution in [-0.2, 0) is 14.4 Å². The van der Waals surface area contributed by atoms with Crippen molar-refractivity contribution in [2.75, 3.05) is 23.9 Å². The lowest BCUT2D eigenvalue weighted by Gasteiger charge is -2.15. The van der Waals surface area contributed by atoms with Gasteiger partial charge in [-0.2, -0.15) is 0 Å². The van der Waals surface area contributed by atoms with E-state index in [2.05, 4.69) is 5.32 Å². The Balaban J connectivity index is 1.74. The maximum Gasteiger partial charge on any atom is 0.247 e. The summed E-state index contributed by atoms with van der Waals surface area (Å²) in [5, 5.41) is 2.61. The molecule has 0 unspecified atom stereocenters. The predicted molar refractivity (Wildman–Crippen MR) is 88.9 cm³/mol. The van der Waals surface area contributed by atoms with Gasteiger partial charge in [0.2, 0.25) is 11.8 Å². The van der Waals surface area contributed by atoms with E-state index in [1.807, 2.05) is 6.07 Å². The highest BCUT2D eigenvalue weighted by atomic mass is 16.5. The molecule has 3 rings (SSSR count). The fourth-order valence-electron chi connectivity index (χ4n) is 2.59. The Kier molecular flexibility index (Phi) is 4.29. The maximum absolute atomic E-state index is 12.5. The zero-order valence-corrected chi connectivity index (χ0v) is 13.1. The molecule has 6 heteroatoms. The Hall–Kier alpha value is -3.15. The number of Topliss-reactive ketones (excluding diaryl/α,β-unsaturated/α-hetero) is 1. The summed E-state index contributed by atoms with van der Waals surface area (Å²) in [4.78, 5) is 38.3. The van der Waals surface area contributed by atoms with E-state index >= 15 is 0 Å². The Morgan fingerprint density at radius 2 is 1.75 bits per heavy atom. The summed E-state index contributed by atoms with van der Waals surface area (Å²) < 4.78 is 5.04. The Bertz CT molecular complexity index is 771. The number of ketones is 1. The molecule has 0 spiro atoms. The molecule has 1 saturated heterocycles. The SMILES string of the molecule is COc1ccc(NC(=O)[C@@H]2C(=O)CN(c3ccccc3)C2=O)cc1. The van der Waals surface area contributed by atoms with E-state index in [0.29, 0.717) is 17.1 Å². The van der Waals surface area contributed by atoms with E-state index in [4.69, 9.17) is 4.74 Å². The van der Waals surface area contributed by atoms with Crippen LogP contribution in [0.5, 0.6) is 5.75 Å². The average Bonchev–Trinajstić information content (AvgIpc) is 2.91. The van der Waals surface area contributed by atoms with Crippen molar-refractivity contribution < 1.29 is 19.1 Å². The van der Waals surface area contributed by atoms with Gasteiger partial charge in [-0.1, -0.05) is 18.2 Å². The number of hydrogen-bond donors (Lipinski definition) is 1. The Morgan fingerprint density at radius 3 is 2.38 bits per heavy atom. The number of carbonyl (C=O) groups is 3. The van der Waals surface area contributed by atoms with Crippen LogP contribution in [0.3, 0.4) is 0 Å². The molecule has 0 radical (unpaired) electrons. The number of para-hydroxylation sites is 1. The molecule has 1 heterocycles. The van der Waals surface area contributed by atoms with E-state index < -0.39 is 23.5 Å². The van der Waals surface area contributed by atoms with Crippen LogP contribution in [0, 0.1) is 5.92 Å². The first-order valence-corrected chi connectivity index (χ1v) is 7.44. The second kappa shape index (κ2) is 6.54. The third kappa shape index (κ3) is 2.99. The van der Waals surface area contributed by atoms with Crippen LogP contribution in [0.2, 0.25) is 0 Å². The first-order valence-electron chi connectivity index (χ1n) is 7.44. The Labute approximate surface area is 139 Å². The third-order valence-electron chi connectivity index (χ3n) is 3.84. The van der Waals surface area contributed by atoms with Crippen LogP contribution >= 0.6 is 0 Å². The molecule has 2 aromatic rings. The highest BCUT2D eigenvalue weighted by molar-refractivity contribution is 6.30. The number of anilines is 2. The lowest BCUT2D eigenvalue weighted by Crippen LogP contribution is -2.34. The van der Waals surface area contributed by atoms with Crippen LogP contribution in [0.4, 0.5) is 11.4 Å². The second-order valence-corrected chi connectivity index (χ2v) is 5.38. The van der Waals surface area contributed by atoms with Gasteiger partial charge >= 0.3 is 0 Å². The van der Waals surface area contributed by atoms with Gasteiger partial charge < -0.3 is 15.0 Å². The van der Waals surface area contributed by atoms with E-state index in [1.165, 1.54) is 4.90 Å². The van der Waals surface area contributed by atoms with Crippen molar-refractivity contribution >= 4 is 29.0 Å². The van der Waals surface area contributed by atoms with E-state index in [1.54, 1.807) is 55.6 Å². The van der Waals surface area contributed by atoms with Crippen molar-refractivity contribution in [3.63, 3.8) is 0 Å².